The number of aliphatic hydroxyl groups excluding tert-OH is 2. The largest absolute Gasteiger partial charge is 0.446 e. The van der Waals surface area contributed by atoms with Crippen LogP contribution in [0.2, 0.25) is 0 Å². The summed E-state index contributed by atoms with van der Waals surface area (Å²) in [7, 11) is 0. The summed E-state index contributed by atoms with van der Waals surface area (Å²) in [4.78, 5) is 14.5. The van der Waals surface area contributed by atoms with Gasteiger partial charge in [0, 0.05) is 39.2 Å². The first-order chi connectivity index (χ1) is 20.0. The molecule has 1 saturated heterocycles. The van der Waals surface area contributed by atoms with Crippen molar-refractivity contribution in [1.82, 2.24) is 10.2 Å². The van der Waals surface area contributed by atoms with Crippen LogP contribution >= 0.6 is 0 Å². The number of aliphatic hydroxyl groups is 2. The van der Waals surface area contributed by atoms with Crippen molar-refractivity contribution in [2.45, 2.75) is 111 Å². The highest BCUT2D eigenvalue weighted by Gasteiger charge is 2.59. The van der Waals surface area contributed by atoms with Crippen molar-refractivity contribution < 1.29 is 24.5 Å². The molecule has 240 valence electrons. The van der Waals surface area contributed by atoms with E-state index in [-0.39, 0.29) is 36.4 Å². The van der Waals surface area contributed by atoms with Gasteiger partial charge in [-0.15, -0.1) is 0 Å². The average Bonchev–Trinajstić information content (AvgIpc) is 3.19. The number of hydrogen-bond donors (Lipinski definition) is 3. The van der Waals surface area contributed by atoms with Gasteiger partial charge in [0.2, 0.25) is 0 Å². The summed E-state index contributed by atoms with van der Waals surface area (Å²) >= 11 is 0. The lowest BCUT2D eigenvalue weighted by Gasteiger charge is -2.57. The number of nitrogens with one attached hydrogen (secondary N) is 1. The second kappa shape index (κ2) is 13.1. The quantitative estimate of drug-likeness (QED) is 0.296. The molecule has 0 aromatic heterocycles. The van der Waals surface area contributed by atoms with Gasteiger partial charge in [-0.2, -0.15) is 0 Å². The lowest BCUT2D eigenvalue weighted by molar-refractivity contribution is -0.130. The van der Waals surface area contributed by atoms with Crippen LogP contribution < -0.4 is 5.32 Å². The second-order valence-electron chi connectivity index (χ2n) is 15.6. The SMILES string of the molecule is C[C@H]1CC[C@@]2(C[C@@H](C)[C@@H]([C@@]3(C)CC[C@H]4[C@@H](CC=C5C[C@@H](OC(=O)NCCN(CCO)CCO)CC[C@@]54C)C3)[C@@H]2C)OC1. The van der Waals surface area contributed by atoms with Gasteiger partial charge in [-0.25, -0.2) is 4.79 Å². The number of hydrogen-bond acceptors (Lipinski definition) is 6. The summed E-state index contributed by atoms with van der Waals surface area (Å²) < 4.78 is 12.6. The number of allylic oxidation sites excluding steroid dienone is 1. The lowest BCUT2D eigenvalue weighted by atomic mass is 9.48. The third kappa shape index (κ3) is 6.32. The van der Waals surface area contributed by atoms with Crippen molar-refractivity contribution in [3.8, 4) is 0 Å². The molecule has 7 heteroatoms. The van der Waals surface area contributed by atoms with Crippen LogP contribution in [0.4, 0.5) is 4.79 Å². The topological polar surface area (TPSA) is 91.3 Å². The van der Waals surface area contributed by atoms with Crippen molar-refractivity contribution in [3.63, 3.8) is 0 Å². The highest BCUT2D eigenvalue weighted by atomic mass is 16.6. The van der Waals surface area contributed by atoms with Gasteiger partial charge < -0.3 is 25.0 Å². The van der Waals surface area contributed by atoms with Crippen molar-refractivity contribution in [1.29, 1.82) is 0 Å². The van der Waals surface area contributed by atoms with Crippen molar-refractivity contribution >= 4 is 6.09 Å². The van der Waals surface area contributed by atoms with Crippen LogP contribution in [0.5, 0.6) is 0 Å². The summed E-state index contributed by atoms with van der Waals surface area (Å²) in [6.45, 7) is 15.5. The first kappa shape index (κ1) is 32.2. The summed E-state index contributed by atoms with van der Waals surface area (Å²) in [5.74, 6) is 4.30. The summed E-state index contributed by atoms with van der Waals surface area (Å²) in [6.07, 6.45) is 14.0. The summed E-state index contributed by atoms with van der Waals surface area (Å²) in [5, 5.41) is 21.2. The Balaban J connectivity index is 1.17. The predicted octanol–water partition coefficient (Wildman–Crippen LogP) is 5.79. The van der Waals surface area contributed by atoms with Gasteiger partial charge in [-0.3, -0.25) is 4.90 Å². The molecule has 1 amide bonds. The number of fused-ring (bicyclic) bond motifs is 3. The molecule has 5 rings (SSSR count). The van der Waals surface area contributed by atoms with Crippen LogP contribution in [0.3, 0.4) is 0 Å². The van der Waals surface area contributed by atoms with E-state index in [9.17, 15) is 15.0 Å². The Labute approximate surface area is 255 Å². The number of rotatable bonds is 9. The molecule has 1 spiro atoms. The minimum absolute atomic E-state index is 0.0371. The second-order valence-corrected chi connectivity index (χ2v) is 15.6. The van der Waals surface area contributed by atoms with Gasteiger partial charge in [0.15, 0.2) is 0 Å². The number of alkyl carbamates (subject to hydrolysis) is 1. The molecule has 4 fully saturated rings. The van der Waals surface area contributed by atoms with Gasteiger partial charge in [-0.1, -0.05) is 46.3 Å². The van der Waals surface area contributed by atoms with E-state index in [2.05, 4.69) is 46.0 Å². The van der Waals surface area contributed by atoms with Gasteiger partial charge in [0.05, 0.1) is 18.8 Å². The molecular weight excluding hydrogens is 528 g/mol. The molecule has 7 nitrogen and oxygen atoms in total. The molecule has 1 aliphatic heterocycles. The molecular formula is C35H60N2O5. The van der Waals surface area contributed by atoms with E-state index in [0.29, 0.717) is 43.4 Å². The zero-order chi connectivity index (χ0) is 30.1. The van der Waals surface area contributed by atoms with Crippen LogP contribution in [0.15, 0.2) is 11.6 Å². The van der Waals surface area contributed by atoms with Crippen molar-refractivity contribution in [2.24, 2.45) is 46.3 Å². The molecule has 0 radical (unpaired) electrons. The Morgan fingerprint density at radius 2 is 1.81 bits per heavy atom. The molecule has 1 heterocycles. The Hall–Kier alpha value is -1.15. The van der Waals surface area contributed by atoms with Gasteiger partial charge in [0.1, 0.15) is 6.10 Å². The minimum atomic E-state index is -0.353. The zero-order valence-corrected chi connectivity index (χ0v) is 27.2. The first-order valence-corrected chi connectivity index (χ1v) is 17.3. The first-order valence-electron chi connectivity index (χ1n) is 17.3. The standard InChI is InChI=1S/C35H60N2O5/c1-24-8-13-35(41-23-24)21-25(2)31(26(35)3)33(4)11-10-30-27(22-33)6-7-28-20-29(9-12-34(28,30)5)42-32(40)36-14-15-37(16-18-38)17-19-39/h7,24-27,29-31,38-39H,6,8-23H2,1-5H3,(H,36,40)/t24-,25+,26-,27-,29-,30-,31+,33-,34-,35-/m0/s1. The van der Waals surface area contributed by atoms with Crippen LogP contribution in [-0.2, 0) is 9.47 Å². The number of carbonyl (C=O) groups is 1. The number of nitrogens with zero attached hydrogens (tertiary/aromatic N) is 1. The average molecular weight is 589 g/mol. The molecule has 3 saturated carbocycles. The Kier molecular flexibility index (Phi) is 10.0. The van der Waals surface area contributed by atoms with E-state index in [4.69, 9.17) is 9.47 Å². The van der Waals surface area contributed by atoms with E-state index >= 15 is 0 Å². The van der Waals surface area contributed by atoms with E-state index in [1.165, 1.54) is 50.5 Å². The Morgan fingerprint density at radius 1 is 1.05 bits per heavy atom. The predicted molar refractivity (Wildman–Crippen MR) is 166 cm³/mol. The maximum atomic E-state index is 12.6. The normalized spacial score (nSPS) is 43.5. The number of carbonyl (C=O) groups excluding carboxylic acids is 1. The third-order valence-corrected chi connectivity index (χ3v) is 12.9. The maximum absolute atomic E-state index is 12.6. The van der Waals surface area contributed by atoms with Crippen LogP contribution in [0, 0.1) is 46.3 Å². The van der Waals surface area contributed by atoms with Gasteiger partial charge >= 0.3 is 6.09 Å². The van der Waals surface area contributed by atoms with Crippen LogP contribution in [0.25, 0.3) is 0 Å². The maximum Gasteiger partial charge on any atom is 0.407 e. The molecule has 5 aliphatic rings. The van der Waals surface area contributed by atoms with E-state index in [1.54, 1.807) is 0 Å². The number of amides is 1. The molecule has 10 atom stereocenters. The summed E-state index contributed by atoms with van der Waals surface area (Å²) in [6, 6.07) is 0. The molecule has 0 bridgehead atoms. The molecule has 3 N–H and O–H groups in total. The van der Waals surface area contributed by atoms with Crippen molar-refractivity contribution in [3.05, 3.63) is 11.6 Å². The van der Waals surface area contributed by atoms with Crippen LogP contribution in [0.1, 0.15) is 98.8 Å². The lowest BCUT2D eigenvalue weighted by Crippen LogP contribution is -2.50. The fraction of sp³-hybridized carbons (Fsp3) is 0.914. The van der Waals surface area contributed by atoms with Crippen LogP contribution in [-0.4, -0.2) is 78.9 Å². The fourth-order valence-corrected chi connectivity index (χ4v) is 10.9. The van der Waals surface area contributed by atoms with Crippen molar-refractivity contribution in [2.75, 3.05) is 46.0 Å². The fourth-order valence-electron chi connectivity index (χ4n) is 10.9. The monoisotopic (exact) mass is 588 g/mol. The van der Waals surface area contributed by atoms with E-state index < -0.39 is 0 Å². The zero-order valence-electron chi connectivity index (χ0n) is 27.2. The highest BCUT2D eigenvalue weighted by molar-refractivity contribution is 5.67. The molecule has 0 unspecified atom stereocenters. The van der Waals surface area contributed by atoms with E-state index in [1.807, 2.05) is 4.90 Å². The highest BCUT2D eigenvalue weighted by Crippen LogP contribution is 2.65. The Bertz CT molecular complexity index is 957. The molecule has 42 heavy (non-hydrogen) atoms. The van der Waals surface area contributed by atoms with Gasteiger partial charge in [0.25, 0.3) is 0 Å². The Morgan fingerprint density at radius 3 is 2.50 bits per heavy atom. The third-order valence-electron chi connectivity index (χ3n) is 12.9. The number of ether oxygens (including phenoxy) is 2. The molecule has 0 aromatic carbocycles. The summed E-state index contributed by atoms with van der Waals surface area (Å²) in [5.41, 5.74) is 2.26. The minimum Gasteiger partial charge on any atom is -0.446 e. The van der Waals surface area contributed by atoms with E-state index in [0.717, 1.165) is 49.5 Å². The molecule has 0 aromatic rings. The smallest absolute Gasteiger partial charge is 0.407 e. The van der Waals surface area contributed by atoms with Gasteiger partial charge in [-0.05, 0) is 104 Å². The molecule has 4 aliphatic carbocycles.